The third-order valence-electron chi connectivity index (χ3n) is 3.89. The van der Waals surface area contributed by atoms with E-state index in [1.165, 1.54) is 54.5 Å². The number of rotatable bonds is 2. The van der Waals surface area contributed by atoms with Crippen LogP contribution in [-0.4, -0.2) is 12.8 Å². The average molecular weight is 229 g/mol. The highest BCUT2D eigenvalue weighted by atomic mass is 14.7. The molecule has 0 aromatic heterocycles. The lowest BCUT2D eigenvalue weighted by molar-refractivity contribution is 0.439. The molecule has 0 bridgehead atoms. The van der Waals surface area contributed by atoms with Gasteiger partial charge in [-0.05, 0) is 37.8 Å². The molecule has 0 amide bonds. The van der Waals surface area contributed by atoms with E-state index in [0.29, 0.717) is 5.92 Å². The minimum atomic E-state index is 0.690. The van der Waals surface area contributed by atoms with Crippen molar-refractivity contribution in [1.82, 2.24) is 0 Å². The number of hydrogen-bond acceptors (Lipinski definition) is 1. The summed E-state index contributed by atoms with van der Waals surface area (Å²) >= 11 is 0. The summed E-state index contributed by atoms with van der Waals surface area (Å²) in [5.41, 5.74) is 5.41. The summed E-state index contributed by atoms with van der Waals surface area (Å²) < 4.78 is 0. The highest BCUT2D eigenvalue weighted by Crippen LogP contribution is 2.28. The molecule has 0 aliphatic heterocycles. The molecular formula is C16H23N. The van der Waals surface area contributed by atoms with Gasteiger partial charge in [-0.15, -0.1) is 0 Å². The van der Waals surface area contributed by atoms with Gasteiger partial charge in [0.25, 0.3) is 0 Å². The molecule has 0 heterocycles. The van der Waals surface area contributed by atoms with Gasteiger partial charge < -0.3 is 0 Å². The van der Waals surface area contributed by atoms with E-state index in [2.05, 4.69) is 37.0 Å². The number of benzene rings is 1. The molecule has 1 fully saturated rings. The molecule has 1 aromatic rings. The zero-order valence-corrected chi connectivity index (χ0v) is 11.3. The largest absolute Gasteiger partial charge is 0.292 e. The van der Waals surface area contributed by atoms with Gasteiger partial charge in [-0.2, -0.15) is 0 Å². The minimum Gasteiger partial charge on any atom is -0.292 e. The van der Waals surface area contributed by atoms with E-state index in [1.807, 2.05) is 7.05 Å². The van der Waals surface area contributed by atoms with Gasteiger partial charge in [0.15, 0.2) is 0 Å². The molecule has 0 spiro atoms. The lowest BCUT2D eigenvalue weighted by Crippen LogP contribution is -2.19. The first-order valence-corrected chi connectivity index (χ1v) is 6.76. The molecule has 1 aliphatic carbocycles. The Bertz CT molecular complexity index is 412. The van der Waals surface area contributed by atoms with Gasteiger partial charge in [-0.25, -0.2) is 0 Å². The number of nitrogens with zero attached hydrogens (tertiary/aromatic N) is 1. The first kappa shape index (κ1) is 12.3. The van der Waals surface area contributed by atoms with Gasteiger partial charge >= 0.3 is 0 Å². The van der Waals surface area contributed by atoms with Crippen molar-refractivity contribution in [3.05, 3.63) is 34.9 Å². The van der Waals surface area contributed by atoms with Crippen LogP contribution in [0.3, 0.4) is 0 Å². The number of aryl methyl sites for hydroxylation is 2. The van der Waals surface area contributed by atoms with Gasteiger partial charge in [0.2, 0.25) is 0 Å². The Morgan fingerprint density at radius 2 is 1.82 bits per heavy atom. The van der Waals surface area contributed by atoms with Gasteiger partial charge in [0.05, 0.1) is 0 Å². The van der Waals surface area contributed by atoms with Crippen LogP contribution in [0.15, 0.2) is 23.2 Å². The first-order chi connectivity index (χ1) is 8.22. The fourth-order valence-corrected chi connectivity index (χ4v) is 3.00. The van der Waals surface area contributed by atoms with Crippen LogP contribution < -0.4 is 0 Å². The zero-order valence-electron chi connectivity index (χ0n) is 11.3. The molecule has 0 atom stereocenters. The van der Waals surface area contributed by atoms with Crippen molar-refractivity contribution in [3.63, 3.8) is 0 Å². The quantitative estimate of drug-likeness (QED) is 0.670. The normalized spacial score (nSPS) is 18.4. The molecule has 0 saturated heterocycles. The fraction of sp³-hybridized carbons (Fsp3) is 0.562. The van der Waals surface area contributed by atoms with Crippen molar-refractivity contribution in [3.8, 4) is 0 Å². The third-order valence-corrected chi connectivity index (χ3v) is 3.89. The Balaban J connectivity index is 2.28. The highest BCUT2D eigenvalue weighted by Gasteiger charge is 2.20. The molecule has 1 saturated carbocycles. The Labute approximate surface area is 105 Å². The third kappa shape index (κ3) is 2.77. The molecule has 1 aromatic carbocycles. The monoisotopic (exact) mass is 229 g/mol. The van der Waals surface area contributed by atoms with Gasteiger partial charge in [0, 0.05) is 18.7 Å². The molecular weight excluding hydrogens is 206 g/mol. The van der Waals surface area contributed by atoms with Crippen LogP contribution in [-0.2, 0) is 0 Å². The van der Waals surface area contributed by atoms with Crippen molar-refractivity contribution < 1.29 is 0 Å². The summed E-state index contributed by atoms with van der Waals surface area (Å²) in [6.07, 6.45) is 6.78. The SMILES string of the molecule is CN=C(c1ccc(C)cc1C)C1CCCCC1. The van der Waals surface area contributed by atoms with Crippen LogP contribution in [0.5, 0.6) is 0 Å². The summed E-state index contributed by atoms with van der Waals surface area (Å²) in [6, 6.07) is 6.72. The van der Waals surface area contributed by atoms with Crippen LogP contribution in [0.4, 0.5) is 0 Å². The standard InChI is InChI=1S/C16H23N/c1-12-9-10-15(13(2)11-12)16(17-3)14-7-5-4-6-8-14/h9-11,14H,4-8H2,1-3H3. The molecule has 0 radical (unpaired) electrons. The van der Waals surface area contributed by atoms with Crippen molar-refractivity contribution in [2.45, 2.75) is 46.0 Å². The van der Waals surface area contributed by atoms with E-state index < -0.39 is 0 Å². The molecule has 1 nitrogen and oxygen atoms in total. The van der Waals surface area contributed by atoms with E-state index in [0.717, 1.165) is 0 Å². The summed E-state index contributed by atoms with van der Waals surface area (Å²) in [5.74, 6) is 0.690. The molecule has 1 aliphatic rings. The second-order valence-electron chi connectivity index (χ2n) is 5.26. The van der Waals surface area contributed by atoms with Gasteiger partial charge in [-0.3, -0.25) is 4.99 Å². The first-order valence-electron chi connectivity index (χ1n) is 6.76. The molecule has 0 unspecified atom stereocenters. The zero-order chi connectivity index (χ0) is 12.3. The van der Waals surface area contributed by atoms with Crippen molar-refractivity contribution in [2.24, 2.45) is 10.9 Å². The predicted octanol–water partition coefficient (Wildman–Crippen LogP) is 4.30. The Hall–Kier alpha value is -1.11. The second-order valence-corrected chi connectivity index (χ2v) is 5.26. The van der Waals surface area contributed by atoms with Gasteiger partial charge in [-0.1, -0.05) is 43.0 Å². The summed E-state index contributed by atoms with van der Waals surface area (Å²) in [6.45, 7) is 4.36. The van der Waals surface area contributed by atoms with Crippen molar-refractivity contribution in [1.29, 1.82) is 0 Å². The Kier molecular flexibility index (Phi) is 3.98. The lowest BCUT2D eigenvalue weighted by atomic mass is 9.82. The van der Waals surface area contributed by atoms with E-state index in [1.54, 1.807) is 0 Å². The second kappa shape index (κ2) is 5.48. The van der Waals surface area contributed by atoms with E-state index >= 15 is 0 Å². The van der Waals surface area contributed by atoms with E-state index in [-0.39, 0.29) is 0 Å². The lowest BCUT2D eigenvalue weighted by Gasteiger charge is -2.24. The topological polar surface area (TPSA) is 12.4 Å². The predicted molar refractivity (Wildman–Crippen MR) is 75.0 cm³/mol. The average Bonchev–Trinajstić information content (AvgIpc) is 2.34. The smallest absolute Gasteiger partial charge is 0.0450 e. The summed E-state index contributed by atoms with van der Waals surface area (Å²) in [7, 11) is 1.95. The Morgan fingerprint density at radius 3 is 2.41 bits per heavy atom. The maximum absolute atomic E-state index is 4.59. The molecule has 92 valence electrons. The van der Waals surface area contributed by atoms with Crippen molar-refractivity contribution in [2.75, 3.05) is 7.05 Å². The van der Waals surface area contributed by atoms with Crippen LogP contribution in [0.25, 0.3) is 0 Å². The van der Waals surface area contributed by atoms with Gasteiger partial charge in [0.1, 0.15) is 0 Å². The maximum Gasteiger partial charge on any atom is 0.0450 e. The molecule has 1 heteroatoms. The molecule has 2 rings (SSSR count). The summed E-state index contributed by atoms with van der Waals surface area (Å²) in [4.78, 5) is 4.59. The Morgan fingerprint density at radius 1 is 1.12 bits per heavy atom. The fourth-order valence-electron chi connectivity index (χ4n) is 3.00. The summed E-state index contributed by atoms with van der Waals surface area (Å²) in [5, 5.41) is 0. The van der Waals surface area contributed by atoms with Crippen LogP contribution in [0, 0.1) is 19.8 Å². The minimum absolute atomic E-state index is 0.690. The van der Waals surface area contributed by atoms with E-state index in [9.17, 15) is 0 Å². The number of hydrogen-bond donors (Lipinski definition) is 0. The molecule has 17 heavy (non-hydrogen) atoms. The highest BCUT2D eigenvalue weighted by molar-refractivity contribution is 6.03. The van der Waals surface area contributed by atoms with Crippen molar-refractivity contribution >= 4 is 5.71 Å². The molecule has 0 N–H and O–H groups in total. The van der Waals surface area contributed by atoms with E-state index in [4.69, 9.17) is 0 Å². The maximum atomic E-state index is 4.59. The van der Waals surface area contributed by atoms with Crippen LogP contribution >= 0.6 is 0 Å². The number of aliphatic imine (C=N–C) groups is 1. The van der Waals surface area contributed by atoms with Crippen LogP contribution in [0.2, 0.25) is 0 Å². The van der Waals surface area contributed by atoms with Crippen LogP contribution in [0.1, 0.15) is 48.8 Å².